The number of nitrogens with one attached hydrogen (secondary N) is 1. The molecule has 3 unspecified atom stereocenters. The van der Waals surface area contributed by atoms with Gasteiger partial charge in [0.1, 0.15) is 0 Å². The molecule has 0 radical (unpaired) electrons. The van der Waals surface area contributed by atoms with Gasteiger partial charge in [0.15, 0.2) is 0 Å². The highest BCUT2D eigenvalue weighted by Crippen LogP contribution is 2.22. The van der Waals surface area contributed by atoms with E-state index in [4.69, 9.17) is 0 Å². The van der Waals surface area contributed by atoms with Crippen molar-refractivity contribution in [1.29, 1.82) is 0 Å². The summed E-state index contributed by atoms with van der Waals surface area (Å²) in [7, 11) is -0.640. The van der Waals surface area contributed by atoms with Gasteiger partial charge in [-0.2, -0.15) is 0 Å². The summed E-state index contributed by atoms with van der Waals surface area (Å²) in [5, 5.41) is 3.97. The van der Waals surface area contributed by atoms with Gasteiger partial charge < -0.3 is 5.32 Å². The maximum absolute atomic E-state index is 12.5. The van der Waals surface area contributed by atoms with Gasteiger partial charge in [-0.25, -0.2) is 0 Å². The second kappa shape index (κ2) is 9.08. The van der Waals surface area contributed by atoms with E-state index in [1.807, 2.05) is 0 Å². The molecule has 0 aromatic rings. The summed E-state index contributed by atoms with van der Waals surface area (Å²) in [5.41, 5.74) is 0. The summed E-state index contributed by atoms with van der Waals surface area (Å²) in [4.78, 5) is 0. The predicted molar refractivity (Wildman–Crippen MR) is 81.4 cm³/mol. The fourth-order valence-corrected chi connectivity index (χ4v) is 4.80. The summed E-state index contributed by atoms with van der Waals surface area (Å²) >= 11 is 0. The van der Waals surface area contributed by atoms with Gasteiger partial charge in [0.25, 0.3) is 0 Å². The molecule has 0 saturated heterocycles. The number of hydrogen-bond donors (Lipinski definition) is 1. The van der Waals surface area contributed by atoms with E-state index < -0.39 is 10.8 Å². The highest BCUT2D eigenvalue weighted by atomic mass is 32.2. The van der Waals surface area contributed by atoms with Crippen LogP contribution in [0.5, 0.6) is 0 Å². The van der Waals surface area contributed by atoms with Crippen LogP contribution in [0.15, 0.2) is 0 Å². The topological polar surface area (TPSA) is 29.1 Å². The molecule has 1 fully saturated rings. The smallest absolute Gasteiger partial charge is 0.0501 e. The molecule has 0 spiro atoms. The van der Waals surface area contributed by atoms with Crippen LogP contribution in [0.3, 0.4) is 0 Å². The summed E-state index contributed by atoms with van der Waals surface area (Å²) in [5.74, 6) is 1.56. The molecule has 0 aliphatic heterocycles. The first kappa shape index (κ1) is 16.2. The quantitative estimate of drug-likeness (QED) is 0.803. The van der Waals surface area contributed by atoms with Crippen LogP contribution in [0.1, 0.15) is 65.7 Å². The Labute approximate surface area is 116 Å². The van der Waals surface area contributed by atoms with Crippen molar-refractivity contribution in [2.24, 2.45) is 5.92 Å². The largest absolute Gasteiger partial charge is 0.313 e. The Balaban J connectivity index is 2.55. The van der Waals surface area contributed by atoms with Gasteiger partial charge in [-0.15, -0.1) is 0 Å². The first-order valence-electron chi connectivity index (χ1n) is 7.75. The minimum absolute atomic E-state index is 0.393. The van der Waals surface area contributed by atoms with Crippen LogP contribution in [-0.4, -0.2) is 27.8 Å². The van der Waals surface area contributed by atoms with E-state index in [-0.39, 0.29) is 0 Å². The van der Waals surface area contributed by atoms with Crippen LogP contribution in [0.4, 0.5) is 0 Å². The summed E-state index contributed by atoms with van der Waals surface area (Å²) in [6.45, 7) is 7.60. The zero-order valence-corrected chi connectivity index (χ0v) is 13.2. The van der Waals surface area contributed by atoms with Gasteiger partial charge in [-0.1, -0.05) is 46.5 Å². The molecule has 1 N–H and O–H groups in total. The summed E-state index contributed by atoms with van der Waals surface area (Å²) in [6, 6.07) is 0.489. The van der Waals surface area contributed by atoms with Crippen molar-refractivity contribution in [3.63, 3.8) is 0 Å². The lowest BCUT2D eigenvalue weighted by atomic mass is 9.96. The average Bonchev–Trinajstić information content (AvgIpc) is 2.30. The highest BCUT2D eigenvalue weighted by Gasteiger charge is 2.26. The van der Waals surface area contributed by atoms with E-state index in [1.165, 1.54) is 32.1 Å². The van der Waals surface area contributed by atoms with E-state index in [2.05, 4.69) is 26.1 Å². The third kappa shape index (κ3) is 5.83. The zero-order chi connectivity index (χ0) is 13.4. The SMILES string of the molecule is CCNC1CCCCCCC1S(=O)CCC(C)C. The van der Waals surface area contributed by atoms with Crippen molar-refractivity contribution >= 4 is 10.8 Å². The van der Waals surface area contributed by atoms with Crippen molar-refractivity contribution < 1.29 is 4.21 Å². The Morgan fingerprint density at radius 1 is 1.17 bits per heavy atom. The monoisotopic (exact) mass is 273 g/mol. The standard InChI is InChI=1S/C15H31NOS/c1-4-16-14-9-7-5-6-8-10-15(14)18(17)12-11-13(2)3/h13-16H,4-12H2,1-3H3. The molecular formula is C15H31NOS. The lowest BCUT2D eigenvalue weighted by Crippen LogP contribution is -2.43. The van der Waals surface area contributed by atoms with Crippen LogP contribution < -0.4 is 5.32 Å². The van der Waals surface area contributed by atoms with Crippen LogP contribution in [0.2, 0.25) is 0 Å². The molecule has 0 bridgehead atoms. The number of rotatable bonds is 6. The molecule has 0 aromatic heterocycles. The molecule has 2 nitrogen and oxygen atoms in total. The molecule has 1 aliphatic carbocycles. The van der Waals surface area contributed by atoms with Gasteiger partial charge in [-0.05, 0) is 31.7 Å². The molecule has 18 heavy (non-hydrogen) atoms. The van der Waals surface area contributed by atoms with Crippen molar-refractivity contribution in [2.45, 2.75) is 77.0 Å². The maximum atomic E-state index is 12.5. The molecule has 0 amide bonds. The molecule has 1 aliphatic rings. The normalized spacial score (nSPS) is 27.8. The van der Waals surface area contributed by atoms with Gasteiger partial charge in [0.2, 0.25) is 0 Å². The van der Waals surface area contributed by atoms with E-state index in [1.54, 1.807) is 0 Å². The van der Waals surface area contributed by atoms with Crippen LogP contribution >= 0.6 is 0 Å². The lowest BCUT2D eigenvalue weighted by Gasteiger charge is -2.29. The highest BCUT2D eigenvalue weighted by molar-refractivity contribution is 7.85. The second-order valence-corrected chi connectivity index (χ2v) is 7.74. The second-order valence-electron chi connectivity index (χ2n) is 5.96. The average molecular weight is 273 g/mol. The Morgan fingerprint density at radius 2 is 1.83 bits per heavy atom. The van der Waals surface area contributed by atoms with Crippen molar-refractivity contribution in [3.8, 4) is 0 Å². The van der Waals surface area contributed by atoms with Gasteiger partial charge in [0, 0.05) is 22.6 Å². The molecule has 0 heterocycles. The molecular weight excluding hydrogens is 242 g/mol. The minimum Gasteiger partial charge on any atom is -0.313 e. The van der Waals surface area contributed by atoms with E-state index in [0.29, 0.717) is 17.2 Å². The van der Waals surface area contributed by atoms with E-state index >= 15 is 0 Å². The van der Waals surface area contributed by atoms with Gasteiger partial charge in [-0.3, -0.25) is 4.21 Å². The first-order chi connectivity index (χ1) is 8.65. The summed E-state index contributed by atoms with van der Waals surface area (Å²) < 4.78 is 12.5. The van der Waals surface area contributed by atoms with Crippen molar-refractivity contribution in [1.82, 2.24) is 5.32 Å². The molecule has 3 atom stereocenters. The zero-order valence-electron chi connectivity index (χ0n) is 12.4. The Hall–Kier alpha value is 0.110. The number of hydrogen-bond acceptors (Lipinski definition) is 2. The molecule has 0 aromatic carbocycles. The molecule has 108 valence electrons. The molecule has 1 saturated carbocycles. The minimum atomic E-state index is -0.640. The van der Waals surface area contributed by atoms with Gasteiger partial charge in [0.05, 0.1) is 5.25 Å². The molecule has 3 heteroatoms. The third-order valence-corrected chi connectivity index (χ3v) is 5.78. The first-order valence-corrected chi connectivity index (χ1v) is 9.14. The third-order valence-electron chi connectivity index (χ3n) is 3.90. The summed E-state index contributed by atoms with van der Waals surface area (Å²) in [6.07, 6.45) is 8.72. The van der Waals surface area contributed by atoms with Crippen molar-refractivity contribution in [3.05, 3.63) is 0 Å². The van der Waals surface area contributed by atoms with Crippen LogP contribution in [0.25, 0.3) is 0 Å². The fraction of sp³-hybridized carbons (Fsp3) is 1.00. The van der Waals surface area contributed by atoms with Crippen LogP contribution in [0, 0.1) is 5.92 Å². The van der Waals surface area contributed by atoms with E-state index in [9.17, 15) is 4.21 Å². The Bertz CT molecular complexity index is 243. The predicted octanol–water partition coefficient (Wildman–Crippen LogP) is 3.48. The Morgan fingerprint density at radius 3 is 2.44 bits per heavy atom. The van der Waals surface area contributed by atoms with Crippen molar-refractivity contribution in [2.75, 3.05) is 12.3 Å². The Kier molecular flexibility index (Phi) is 8.16. The lowest BCUT2D eigenvalue weighted by molar-refractivity contribution is 0.400. The maximum Gasteiger partial charge on any atom is 0.0501 e. The van der Waals surface area contributed by atoms with E-state index in [0.717, 1.165) is 25.1 Å². The van der Waals surface area contributed by atoms with Crippen LogP contribution in [-0.2, 0) is 10.8 Å². The fourth-order valence-electron chi connectivity index (χ4n) is 2.76. The molecule has 1 rings (SSSR count). The van der Waals surface area contributed by atoms with Gasteiger partial charge >= 0.3 is 0 Å².